The minimum atomic E-state index is -0.270. The van der Waals surface area contributed by atoms with Crippen molar-refractivity contribution in [3.8, 4) is 11.5 Å². The molecule has 0 aromatic heterocycles. The summed E-state index contributed by atoms with van der Waals surface area (Å²) < 4.78 is 0. The van der Waals surface area contributed by atoms with Crippen LogP contribution in [0.15, 0.2) is 40.0 Å². The molecule has 0 heterocycles. The third-order valence-corrected chi connectivity index (χ3v) is 2.23. The first-order valence-electron chi connectivity index (χ1n) is 6.74. The molecule has 8 heteroatoms. The Bertz CT molecular complexity index is 527. The standard InChI is InChI=1S/C14H18N2O3.2CH4O.Ni/c1-10(7-11(2)17)16-6-5-15-9-12-3-4-13(18)8-14(12)19;2*1-2;/h3-4,7-9,17-19H,5-6H2,1-2H3;2*2H,1H3;/q;;;+2/p-2/b11-7-,15-9?,16-10?;;;. The van der Waals surface area contributed by atoms with E-state index in [9.17, 15) is 10.2 Å². The van der Waals surface area contributed by atoms with Gasteiger partial charge in [0.2, 0.25) is 0 Å². The number of hydrogen-bond donors (Lipinski definition) is 3. The van der Waals surface area contributed by atoms with Crippen molar-refractivity contribution in [1.82, 2.24) is 0 Å². The minimum Gasteiger partial charge on any atom is -0.876 e. The maximum Gasteiger partial charge on any atom is 2.00 e. The van der Waals surface area contributed by atoms with Gasteiger partial charge in [0, 0.05) is 26.1 Å². The first-order chi connectivity index (χ1) is 11.0. The summed E-state index contributed by atoms with van der Waals surface area (Å²) in [7, 11) is 2.00. The van der Waals surface area contributed by atoms with Gasteiger partial charge in [-0.1, -0.05) is 24.8 Å². The molecule has 0 spiro atoms. The van der Waals surface area contributed by atoms with Crippen LogP contribution in [0, 0.1) is 0 Å². The van der Waals surface area contributed by atoms with E-state index in [0.717, 1.165) is 20.3 Å². The maximum atomic E-state index is 11.4. The summed E-state index contributed by atoms with van der Waals surface area (Å²) in [5.74, 6) is -0.361. The topological polar surface area (TPSA) is 132 Å². The van der Waals surface area contributed by atoms with Crippen LogP contribution in [0.1, 0.15) is 19.4 Å². The van der Waals surface area contributed by atoms with Crippen LogP contribution in [0.25, 0.3) is 0 Å². The molecule has 0 radical (unpaired) electrons. The fraction of sp³-hybridized carbons (Fsp3) is 0.375. The number of aromatic hydroxyl groups is 1. The molecular formula is C16H24N2NiO5. The van der Waals surface area contributed by atoms with Crippen molar-refractivity contribution in [3.63, 3.8) is 0 Å². The van der Waals surface area contributed by atoms with Gasteiger partial charge in [0.1, 0.15) is 5.75 Å². The molecule has 0 saturated carbocycles. The van der Waals surface area contributed by atoms with Gasteiger partial charge in [-0.05, 0) is 24.6 Å². The van der Waals surface area contributed by atoms with Crippen LogP contribution in [0.4, 0.5) is 0 Å². The third kappa shape index (κ3) is 13.8. The molecule has 0 atom stereocenters. The van der Waals surface area contributed by atoms with Crippen molar-refractivity contribution in [2.45, 2.75) is 13.8 Å². The predicted octanol–water partition coefficient (Wildman–Crippen LogP) is -0.176. The van der Waals surface area contributed by atoms with Gasteiger partial charge in [0.05, 0.1) is 13.1 Å². The van der Waals surface area contributed by atoms with Crippen molar-refractivity contribution in [2.75, 3.05) is 27.3 Å². The number of nitrogens with zero attached hydrogens (tertiary/aromatic N) is 2. The van der Waals surface area contributed by atoms with E-state index in [4.69, 9.17) is 15.3 Å². The van der Waals surface area contributed by atoms with E-state index in [1.54, 1.807) is 6.92 Å². The molecule has 0 unspecified atom stereocenters. The molecule has 1 aromatic rings. The Labute approximate surface area is 152 Å². The zero-order chi connectivity index (χ0) is 18.3. The van der Waals surface area contributed by atoms with E-state index >= 15 is 0 Å². The molecular weight excluding hydrogens is 359 g/mol. The van der Waals surface area contributed by atoms with Crippen LogP contribution in [0.5, 0.6) is 11.5 Å². The summed E-state index contributed by atoms with van der Waals surface area (Å²) in [4.78, 5) is 8.21. The van der Waals surface area contributed by atoms with Crippen molar-refractivity contribution < 1.29 is 42.0 Å². The SMILES string of the molecule is CC(/C=C(/C)[O-])=NCCN=Cc1ccc(O)cc1[O-].CO.CO.[Ni+2]. The Morgan fingerprint density at radius 3 is 2.21 bits per heavy atom. The van der Waals surface area contributed by atoms with Crippen molar-refractivity contribution in [1.29, 1.82) is 0 Å². The largest absolute Gasteiger partial charge is 2.00 e. The molecule has 7 nitrogen and oxygen atoms in total. The van der Waals surface area contributed by atoms with E-state index in [0.29, 0.717) is 24.4 Å². The average Bonchev–Trinajstić information content (AvgIpc) is 2.52. The Morgan fingerprint density at radius 2 is 1.71 bits per heavy atom. The van der Waals surface area contributed by atoms with Crippen LogP contribution in [-0.4, -0.2) is 54.6 Å². The van der Waals surface area contributed by atoms with Crippen molar-refractivity contribution in [3.05, 3.63) is 35.6 Å². The molecule has 1 rings (SSSR count). The van der Waals surface area contributed by atoms with E-state index in [2.05, 4.69) is 9.98 Å². The second-order valence-electron chi connectivity index (χ2n) is 4.04. The molecule has 1 aromatic carbocycles. The number of phenolic OH excluding ortho intramolecular Hbond substituents is 1. The van der Waals surface area contributed by atoms with Gasteiger partial charge in [-0.25, -0.2) is 0 Å². The molecule has 0 aliphatic rings. The Morgan fingerprint density at radius 1 is 1.12 bits per heavy atom. The summed E-state index contributed by atoms with van der Waals surface area (Å²) in [5.41, 5.74) is 1.09. The monoisotopic (exact) mass is 382 g/mol. The molecule has 24 heavy (non-hydrogen) atoms. The van der Waals surface area contributed by atoms with Gasteiger partial charge in [-0.15, -0.1) is 5.76 Å². The number of aliphatic hydroxyl groups excluding tert-OH is 2. The second kappa shape index (κ2) is 17.5. The number of allylic oxidation sites excluding steroid dienone is 2. The fourth-order valence-electron chi connectivity index (χ4n) is 1.42. The number of rotatable bonds is 5. The quantitative estimate of drug-likeness (QED) is 0.281. The Kier molecular flexibility index (Phi) is 19.6. The summed E-state index contributed by atoms with van der Waals surface area (Å²) >= 11 is 0. The van der Waals surface area contributed by atoms with Gasteiger partial charge in [0.15, 0.2) is 0 Å². The molecule has 0 amide bonds. The average molecular weight is 383 g/mol. The summed E-state index contributed by atoms with van der Waals surface area (Å²) in [6.45, 7) is 4.11. The Balaban J connectivity index is -0.000000817. The summed E-state index contributed by atoms with van der Waals surface area (Å²) in [6.07, 6.45) is 2.92. The normalized spacial score (nSPS) is 10.9. The molecule has 138 valence electrons. The molecule has 0 aliphatic carbocycles. The zero-order valence-corrected chi connectivity index (χ0v) is 15.2. The molecule has 0 saturated heterocycles. The summed E-state index contributed by atoms with van der Waals surface area (Å²) in [5, 5.41) is 45.3. The number of hydrogen-bond acceptors (Lipinski definition) is 7. The first-order valence-corrected chi connectivity index (χ1v) is 6.74. The maximum absolute atomic E-state index is 11.4. The van der Waals surface area contributed by atoms with Crippen LogP contribution < -0.4 is 10.2 Å². The number of benzene rings is 1. The molecule has 3 N–H and O–H groups in total. The zero-order valence-electron chi connectivity index (χ0n) is 14.2. The van der Waals surface area contributed by atoms with Crippen LogP contribution in [-0.2, 0) is 16.5 Å². The van der Waals surface area contributed by atoms with Crippen LogP contribution in [0.3, 0.4) is 0 Å². The van der Waals surface area contributed by atoms with Gasteiger partial charge in [0.25, 0.3) is 0 Å². The number of aliphatic hydroxyl groups is 2. The van der Waals surface area contributed by atoms with E-state index in [1.807, 2.05) is 0 Å². The second-order valence-corrected chi connectivity index (χ2v) is 4.04. The van der Waals surface area contributed by atoms with Gasteiger partial charge >= 0.3 is 16.5 Å². The van der Waals surface area contributed by atoms with Gasteiger partial charge in [-0.3, -0.25) is 9.98 Å². The smallest absolute Gasteiger partial charge is 0.876 e. The molecule has 0 bridgehead atoms. The van der Waals surface area contributed by atoms with E-state index in [1.165, 1.54) is 31.3 Å². The number of aliphatic imine (C=N–C) groups is 2. The van der Waals surface area contributed by atoms with Crippen molar-refractivity contribution >= 4 is 11.9 Å². The Hall–Kier alpha value is -1.89. The first kappa shape index (κ1) is 27.0. The molecule has 0 fully saturated rings. The van der Waals surface area contributed by atoms with Gasteiger partial charge in [-0.2, -0.15) is 0 Å². The van der Waals surface area contributed by atoms with E-state index in [-0.39, 0.29) is 33.7 Å². The van der Waals surface area contributed by atoms with Gasteiger partial charge < -0.3 is 25.5 Å². The van der Waals surface area contributed by atoms with E-state index < -0.39 is 0 Å². The summed E-state index contributed by atoms with van der Waals surface area (Å²) in [6, 6.07) is 4.09. The minimum absolute atomic E-state index is 0. The van der Waals surface area contributed by atoms with Crippen LogP contribution in [0.2, 0.25) is 0 Å². The fourth-order valence-corrected chi connectivity index (χ4v) is 1.42. The third-order valence-electron chi connectivity index (χ3n) is 2.23. The van der Waals surface area contributed by atoms with Crippen molar-refractivity contribution in [2.24, 2.45) is 9.98 Å². The number of phenols is 1. The van der Waals surface area contributed by atoms with Crippen LogP contribution >= 0.6 is 0 Å². The predicted molar refractivity (Wildman–Crippen MR) is 88.0 cm³/mol. The molecule has 0 aliphatic heterocycles.